The van der Waals surface area contributed by atoms with Crippen molar-refractivity contribution in [3.63, 3.8) is 0 Å². The lowest BCUT2D eigenvalue weighted by Gasteiger charge is -2.30. The number of aliphatic hydroxyl groups excluding tert-OH is 1. The molecular weight excluding hydrogens is 339 g/mol. The van der Waals surface area contributed by atoms with Crippen LogP contribution in [0.25, 0.3) is 10.9 Å². The lowest BCUT2D eigenvalue weighted by molar-refractivity contribution is 0.105. The van der Waals surface area contributed by atoms with E-state index < -0.39 is 6.10 Å². The summed E-state index contributed by atoms with van der Waals surface area (Å²) in [4.78, 5) is 6.95. The molecule has 3 aromatic rings. The molecule has 2 heterocycles. The van der Waals surface area contributed by atoms with E-state index in [2.05, 4.69) is 11.0 Å². The van der Waals surface area contributed by atoms with Crippen molar-refractivity contribution in [2.24, 2.45) is 0 Å². The van der Waals surface area contributed by atoms with Crippen molar-refractivity contribution in [1.82, 2.24) is 9.88 Å². The van der Waals surface area contributed by atoms with E-state index in [4.69, 9.17) is 16.6 Å². The highest BCUT2D eigenvalue weighted by Gasteiger charge is 2.21. The predicted molar refractivity (Wildman–Crippen MR) is 97.1 cm³/mol. The minimum Gasteiger partial charge on any atom is -0.387 e. The van der Waals surface area contributed by atoms with Crippen LogP contribution in [0.4, 0.5) is 4.39 Å². The first-order valence-corrected chi connectivity index (χ1v) is 8.70. The monoisotopic (exact) mass is 356 g/mol. The van der Waals surface area contributed by atoms with E-state index >= 15 is 0 Å². The molecule has 1 aromatic heterocycles. The van der Waals surface area contributed by atoms with Crippen LogP contribution >= 0.6 is 11.6 Å². The smallest absolute Gasteiger partial charge is 0.123 e. The van der Waals surface area contributed by atoms with Gasteiger partial charge in [0.15, 0.2) is 0 Å². The molecule has 0 spiro atoms. The number of benzene rings is 2. The number of aromatic nitrogens is 1. The van der Waals surface area contributed by atoms with Crippen molar-refractivity contribution < 1.29 is 9.50 Å². The fourth-order valence-electron chi connectivity index (χ4n) is 3.36. The van der Waals surface area contributed by atoms with Crippen LogP contribution in [-0.4, -0.2) is 28.1 Å². The SMILES string of the molecule is OC(CN1CCc2nc3ccc(Cl)cc3cc2C1)c1ccc(F)cc1. The van der Waals surface area contributed by atoms with Gasteiger partial charge in [-0.3, -0.25) is 9.88 Å². The van der Waals surface area contributed by atoms with Gasteiger partial charge in [0.25, 0.3) is 0 Å². The van der Waals surface area contributed by atoms with E-state index in [1.807, 2.05) is 18.2 Å². The normalized spacial score (nSPS) is 16.0. The van der Waals surface area contributed by atoms with Gasteiger partial charge in [-0.05, 0) is 47.5 Å². The molecule has 3 nitrogen and oxygen atoms in total. The fourth-order valence-corrected chi connectivity index (χ4v) is 3.54. The molecule has 2 aromatic carbocycles. The molecule has 0 fully saturated rings. The molecule has 0 bridgehead atoms. The third kappa shape index (κ3) is 3.52. The summed E-state index contributed by atoms with van der Waals surface area (Å²) < 4.78 is 13.0. The number of hydrogen-bond acceptors (Lipinski definition) is 3. The molecule has 0 saturated carbocycles. The molecule has 1 atom stereocenters. The molecule has 0 amide bonds. The zero-order chi connectivity index (χ0) is 17.4. The second-order valence-corrected chi connectivity index (χ2v) is 6.92. The van der Waals surface area contributed by atoms with Gasteiger partial charge >= 0.3 is 0 Å². The van der Waals surface area contributed by atoms with E-state index in [9.17, 15) is 9.50 Å². The van der Waals surface area contributed by atoms with Gasteiger partial charge in [0.2, 0.25) is 0 Å². The van der Waals surface area contributed by atoms with Crippen molar-refractivity contribution in [3.8, 4) is 0 Å². The molecule has 1 unspecified atom stereocenters. The molecule has 1 aliphatic rings. The Balaban J connectivity index is 1.52. The van der Waals surface area contributed by atoms with Crippen molar-refractivity contribution in [2.45, 2.75) is 19.1 Å². The van der Waals surface area contributed by atoms with Gasteiger partial charge in [0, 0.05) is 42.2 Å². The Morgan fingerprint density at radius 2 is 1.96 bits per heavy atom. The molecule has 0 aliphatic carbocycles. The summed E-state index contributed by atoms with van der Waals surface area (Å²) >= 11 is 6.08. The van der Waals surface area contributed by atoms with Crippen LogP contribution in [-0.2, 0) is 13.0 Å². The highest BCUT2D eigenvalue weighted by Crippen LogP contribution is 2.26. The van der Waals surface area contributed by atoms with Gasteiger partial charge < -0.3 is 5.11 Å². The van der Waals surface area contributed by atoms with Crippen LogP contribution in [0.2, 0.25) is 5.02 Å². The number of β-amino-alcohol motifs (C(OH)–C–C–N with tert-alkyl or cyclic N) is 1. The Kier molecular flexibility index (Phi) is 4.42. The fraction of sp³-hybridized carbons (Fsp3) is 0.250. The summed E-state index contributed by atoms with van der Waals surface area (Å²) in [5, 5.41) is 12.2. The lowest BCUT2D eigenvalue weighted by Crippen LogP contribution is -2.34. The third-order valence-corrected chi connectivity index (χ3v) is 4.93. The van der Waals surface area contributed by atoms with Gasteiger partial charge in [-0.1, -0.05) is 23.7 Å². The molecule has 4 rings (SSSR count). The standard InChI is InChI=1S/C20H18ClFN2O/c21-16-3-6-18-14(10-16)9-15-11-24(8-7-19(15)23-18)12-20(25)13-1-4-17(22)5-2-13/h1-6,9-10,20,25H,7-8,11-12H2. The van der Waals surface area contributed by atoms with Gasteiger partial charge in [-0.25, -0.2) is 4.39 Å². The van der Waals surface area contributed by atoms with Gasteiger partial charge in [0.1, 0.15) is 5.82 Å². The van der Waals surface area contributed by atoms with Gasteiger partial charge in [-0.2, -0.15) is 0 Å². The Morgan fingerprint density at radius 3 is 2.76 bits per heavy atom. The summed E-state index contributed by atoms with van der Waals surface area (Å²) in [6, 6.07) is 13.9. The molecular formula is C20H18ClFN2O. The van der Waals surface area contributed by atoms with Crippen LogP contribution in [0.5, 0.6) is 0 Å². The van der Waals surface area contributed by atoms with Crippen LogP contribution < -0.4 is 0 Å². The minimum atomic E-state index is -0.634. The second-order valence-electron chi connectivity index (χ2n) is 6.48. The topological polar surface area (TPSA) is 36.4 Å². The molecule has 25 heavy (non-hydrogen) atoms. The summed E-state index contributed by atoms with van der Waals surface area (Å²) in [6.45, 7) is 2.10. The number of fused-ring (bicyclic) bond motifs is 2. The van der Waals surface area contributed by atoms with Gasteiger partial charge in [-0.15, -0.1) is 0 Å². The van der Waals surface area contributed by atoms with Crippen LogP contribution in [0, 0.1) is 5.82 Å². The first kappa shape index (κ1) is 16.5. The zero-order valence-electron chi connectivity index (χ0n) is 13.6. The number of halogens is 2. The average Bonchev–Trinajstić information content (AvgIpc) is 2.60. The van der Waals surface area contributed by atoms with Crippen molar-refractivity contribution >= 4 is 22.5 Å². The van der Waals surface area contributed by atoms with E-state index in [1.165, 1.54) is 17.7 Å². The van der Waals surface area contributed by atoms with Crippen LogP contribution in [0.15, 0.2) is 48.5 Å². The quantitative estimate of drug-likeness (QED) is 0.767. The summed E-state index contributed by atoms with van der Waals surface area (Å²) in [7, 11) is 0. The second kappa shape index (κ2) is 6.71. The maximum absolute atomic E-state index is 13.0. The van der Waals surface area contributed by atoms with Crippen LogP contribution in [0.1, 0.15) is 22.9 Å². The number of hydrogen-bond donors (Lipinski definition) is 1. The van der Waals surface area contributed by atoms with Crippen LogP contribution in [0.3, 0.4) is 0 Å². The number of nitrogens with zero attached hydrogens (tertiary/aromatic N) is 2. The zero-order valence-corrected chi connectivity index (χ0v) is 14.4. The van der Waals surface area contributed by atoms with E-state index in [1.54, 1.807) is 12.1 Å². The van der Waals surface area contributed by atoms with E-state index in [0.717, 1.165) is 41.7 Å². The van der Waals surface area contributed by atoms with Crippen molar-refractivity contribution in [3.05, 3.63) is 76.2 Å². The highest BCUT2D eigenvalue weighted by atomic mass is 35.5. The van der Waals surface area contributed by atoms with Crippen molar-refractivity contribution in [1.29, 1.82) is 0 Å². The predicted octanol–water partition coefficient (Wildman–Crippen LogP) is 4.12. The number of aliphatic hydroxyl groups is 1. The number of rotatable bonds is 3. The highest BCUT2D eigenvalue weighted by molar-refractivity contribution is 6.31. The molecule has 128 valence electrons. The largest absolute Gasteiger partial charge is 0.387 e. The maximum atomic E-state index is 13.0. The Morgan fingerprint density at radius 1 is 1.16 bits per heavy atom. The summed E-state index contributed by atoms with van der Waals surface area (Å²) in [6.07, 6.45) is 0.217. The molecule has 1 N–H and O–H groups in total. The Labute approximate surface area is 150 Å². The maximum Gasteiger partial charge on any atom is 0.123 e. The minimum absolute atomic E-state index is 0.292. The van der Waals surface area contributed by atoms with E-state index in [0.29, 0.717) is 11.6 Å². The average molecular weight is 357 g/mol. The molecule has 1 aliphatic heterocycles. The number of pyridine rings is 1. The van der Waals surface area contributed by atoms with Gasteiger partial charge in [0.05, 0.1) is 11.6 Å². The Hall–Kier alpha value is -2.01. The molecule has 0 radical (unpaired) electrons. The van der Waals surface area contributed by atoms with Crippen molar-refractivity contribution in [2.75, 3.05) is 13.1 Å². The Bertz CT molecular complexity index is 913. The molecule has 0 saturated heterocycles. The third-order valence-electron chi connectivity index (χ3n) is 4.69. The molecule has 5 heteroatoms. The summed E-state index contributed by atoms with van der Waals surface area (Å²) in [5.74, 6) is -0.292. The first-order chi connectivity index (χ1) is 12.1. The first-order valence-electron chi connectivity index (χ1n) is 8.32. The lowest BCUT2D eigenvalue weighted by atomic mass is 10.0. The summed E-state index contributed by atoms with van der Waals surface area (Å²) in [5.41, 5.74) is 3.98. The van der Waals surface area contributed by atoms with E-state index in [-0.39, 0.29) is 5.82 Å².